The summed E-state index contributed by atoms with van der Waals surface area (Å²) >= 11 is 3.37. The smallest absolute Gasteiger partial charge is 0.241 e. The van der Waals surface area contributed by atoms with Crippen LogP contribution < -0.4 is 10.5 Å². The fourth-order valence-corrected chi connectivity index (χ4v) is 3.73. The molecule has 0 aliphatic carbocycles. The third-order valence-electron chi connectivity index (χ3n) is 2.99. The Kier molecular flexibility index (Phi) is 4.65. The second-order valence-electron chi connectivity index (χ2n) is 4.55. The molecule has 2 rings (SSSR count). The number of rotatable bonds is 4. The molecule has 7 heteroatoms. The first-order chi connectivity index (χ1) is 9.81. The van der Waals surface area contributed by atoms with Crippen molar-refractivity contribution in [3.8, 4) is 0 Å². The Balaban J connectivity index is 2.29. The minimum absolute atomic E-state index is 0.0900. The summed E-state index contributed by atoms with van der Waals surface area (Å²) < 4.78 is 41.2. The van der Waals surface area contributed by atoms with Gasteiger partial charge in [0.1, 0.15) is 5.82 Å². The van der Waals surface area contributed by atoms with Crippen LogP contribution in [0.25, 0.3) is 0 Å². The maximum Gasteiger partial charge on any atom is 0.241 e. The zero-order valence-corrected chi connectivity index (χ0v) is 13.6. The molecule has 1 unspecified atom stereocenters. The lowest BCUT2D eigenvalue weighted by Crippen LogP contribution is -2.27. The molecule has 112 valence electrons. The van der Waals surface area contributed by atoms with Gasteiger partial charge in [0, 0.05) is 10.5 Å². The number of hydrogen-bond donors (Lipinski definition) is 2. The maximum absolute atomic E-state index is 13.4. The van der Waals surface area contributed by atoms with Crippen molar-refractivity contribution in [1.29, 1.82) is 0 Å². The van der Waals surface area contributed by atoms with Gasteiger partial charge in [-0.05, 0) is 36.8 Å². The van der Waals surface area contributed by atoms with E-state index < -0.39 is 21.9 Å². The summed E-state index contributed by atoms with van der Waals surface area (Å²) in [6.07, 6.45) is 0. The predicted octanol–water partition coefficient (Wildman–Crippen LogP) is 3.21. The summed E-state index contributed by atoms with van der Waals surface area (Å²) in [5.41, 5.74) is 6.05. The average molecular weight is 373 g/mol. The number of sulfonamides is 1. The maximum atomic E-state index is 13.4. The van der Waals surface area contributed by atoms with Crippen molar-refractivity contribution < 1.29 is 12.8 Å². The predicted molar refractivity (Wildman–Crippen MR) is 83.7 cm³/mol. The van der Waals surface area contributed by atoms with E-state index in [4.69, 9.17) is 5.73 Å². The van der Waals surface area contributed by atoms with E-state index in [-0.39, 0.29) is 10.6 Å². The molecule has 0 saturated heterocycles. The fourth-order valence-electron chi connectivity index (χ4n) is 1.87. The summed E-state index contributed by atoms with van der Waals surface area (Å²) in [5, 5.41) is 0. The fraction of sp³-hybridized carbons (Fsp3) is 0.143. The summed E-state index contributed by atoms with van der Waals surface area (Å²) in [6.45, 7) is 1.71. The number of halogens is 2. The number of anilines is 1. The monoisotopic (exact) mass is 372 g/mol. The lowest BCUT2D eigenvalue weighted by Gasteiger charge is -2.16. The Bertz CT molecular complexity index is 765. The molecule has 0 heterocycles. The molecule has 0 amide bonds. The van der Waals surface area contributed by atoms with E-state index in [0.29, 0.717) is 0 Å². The molecule has 0 aliphatic heterocycles. The van der Waals surface area contributed by atoms with Crippen molar-refractivity contribution >= 4 is 31.6 Å². The molecule has 0 aliphatic rings. The highest BCUT2D eigenvalue weighted by Crippen LogP contribution is 2.25. The zero-order valence-electron chi connectivity index (χ0n) is 11.2. The molecule has 3 N–H and O–H groups in total. The lowest BCUT2D eigenvalue weighted by atomic mass is 10.1. The van der Waals surface area contributed by atoms with Crippen LogP contribution in [0.4, 0.5) is 10.1 Å². The minimum Gasteiger partial charge on any atom is -0.396 e. The second kappa shape index (κ2) is 6.13. The number of hydrogen-bond acceptors (Lipinski definition) is 3. The SMILES string of the molecule is CC(NS(=O)(=O)c1ccc(N)c(F)c1)c1ccccc1Br. The van der Waals surface area contributed by atoms with Crippen LogP contribution in [-0.4, -0.2) is 8.42 Å². The molecule has 0 radical (unpaired) electrons. The highest BCUT2D eigenvalue weighted by molar-refractivity contribution is 9.10. The third kappa shape index (κ3) is 3.61. The summed E-state index contributed by atoms with van der Waals surface area (Å²) in [5.74, 6) is -0.758. The molecule has 0 saturated carbocycles. The van der Waals surface area contributed by atoms with E-state index >= 15 is 0 Å². The van der Waals surface area contributed by atoms with Crippen molar-refractivity contribution in [2.24, 2.45) is 0 Å². The van der Waals surface area contributed by atoms with Crippen LogP contribution in [0.1, 0.15) is 18.5 Å². The Hall–Kier alpha value is -1.44. The Morgan fingerprint density at radius 3 is 2.52 bits per heavy atom. The topological polar surface area (TPSA) is 72.2 Å². The van der Waals surface area contributed by atoms with Gasteiger partial charge in [-0.2, -0.15) is 0 Å². The molecule has 0 aromatic heterocycles. The lowest BCUT2D eigenvalue weighted by molar-refractivity contribution is 0.564. The molecule has 0 bridgehead atoms. The van der Waals surface area contributed by atoms with Crippen molar-refractivity contribution in [3.63, 3.8) is 0 Å². The number of benzene rings is 2. The second-order valence-corrected chi connectivity index (χ2v) is 7.12. The quantitative estimate of drug-likeness (QED) is 0.809. The molecular weight excluding hydrogens is 359 g/mol. The number of nitrogen functional groups attached to an aromatic ring is 1. The van der Waals surface area contributed by atoms with E-state index in [9.17, 15) is 12.8 Å². The van der Waals surface area contributed by atoms with Crippen LogP contribution in [0.5, 0.6) is 0 Å². The summed E-state index contributed by atoms with van der Waals surface area (Å²) in [7, 11) is -3.83. The van der Waals surface area contributed by atoms with E-state index in [0.717, 1.165) is 16.1 Å². The minimum atomic E-state index is -3.83. The van der Waals surface area contributed by atoms with Gasteiger partial charge < -0.3 is 5.73 Å². The van der Waals surface area contributed by atoms with Gasteiger partial charge in [-0.25, -0.2) is 17.5 Å². The Morgan fingerprint density at radius 1 is 1.24 bits per heavy atom. The van der Waals surface area contributed by atoms with E-state index in [1.54, 1.807) is 13.0 Å². The first-order valence-corrected chi connectivity index (χ1v) is 8.40. The van der Waals surface area contributed by atoms with Crippen molar-refractivity contribution in [3.05, 3.63) is 58.3 Å². The van der Waals surface area contributed by atoms with Crippen molar-refractivity contribution in [1.82, 2.24) is 4.72 Å². The van der Waals surface area contributed by atoms with E-state index in [1.165, 1.54) is 12.1 Å². The van der Waals surface area contributed by atoms with E-state index in [1.807, 2.05) is 18.2 Å². The molecule has 1 atom stereocenters. The van der Waals surface area contributed by atoms with Crippen molar-refractivity contribution in [2.75, 3.05) is 5.73 Å². The standard InChI is InChI=1S/C14H14BrFN2O2S/c1-9(11-4-2-3-5-12(11)15)18-21(19,20)10-6-7-14(17)13(16)8-10/h2-9,18H,17H2,1H3. The summed E-state index contributed by atoms with van der Waals surface area (Å²) in [6, 6.07) is 10.2. The number of nitrogens with one attached hydrogen (secondary N) is 1. The van der Waals surface area contributed by atoms with Crippen LogP contribution >= 0.6 is 15.9 Å². The Morgan fingerprint density at radius 2 is 1.90 bits per heavy atom. The van der Waals surface area contributed by atoms with E-state index in [2.05, 4.69) is 20.7 Å². The van der Waals surface area contributed by atoms with Crippen LogP contribution in [0.3, 0.4) is 0 Å². The highest BCUT2D eigenvalue weighted by Gasteiger charge is 2.20. The molecule has 2 aromatic carbocycles. The zero-order chi connectivity index (χ0) is 15.6. The molecule has 4 nitrogen and oxygen atoms in total. The third-order valence-corrected chi connectivity index (χ3v) is 5.25. The molecule has 21 heavy (non-hydrogen) atoms. The average Bonchev–Trinajstić information content (AvgIpc) is 2.41. The normalized spacial score (nSPS) is 13.1. The van der Waals surface area contributed by atoms with Crippen LogP contribution in [0.15, 0.2) is 51.8 Å². The van der Waals surface area contributed by atoms with Gasteiger partial charge in [-0.1, -0.05) is 34.1 Å². The van der Waals surface area contributed by atoms with Crippen LogP contribution in [0.2, 0.25) is 0 Å². The first kappa shape index (κ1) is 15.9. The van der Waals surface area contributed by atoms with Gasteiger partial charge in [0.05, 0.1) is 10.6 Å². The largest absolute Gasteiger partial charge is 0.396 e. The molecule has 0 fully saturated rings. The van der Waals surface area contributed by atoms with Gasteiger partial charge in [0.2, 0.25) is 10.0 Å². The van der Waals surface area contributed by atoms with Crippen LogP contribution in [0, 0.1) is 5.82 Å². The molecular formula is C14H14BrFN2O2S. The van der Waals surface area contributed by atoms with Gasteiger partial charge in [0.15, 0.2) is 0 Å². The van der Waals surface area contributed by atoms with Crippen LogP contribution in [-0.2, 0) is 10.0 Å². The first-order valence-electron chi connectivity index (χ1n) is 6.13. The highest BCUT2D eigenvalue weighted by atomic mass is 79.9. The van der Waals surface area contributed by atoms with Crippen molar-refractivity contribution in [2.45, 2.75) is 17.9 Å². The molecule has 0 spiro atoms. The van der Waals surface area contributed by atoms with Gasteiger partial charge >= 0.3 is 0 Å². The number of nitrogens with two attached hydrogens (primary N) is 1. The van der Waals surface area contributed by atoms with Gasteiger partial charge in [-0.3, -0.25) is 0 Å². The van der Waals surface area contributed by atoms with Gasteiger partial charge in [-0.15, -0.1) is 0 Å². The molecule has 2 aromatic rings. The van der Waals surface area contributed by atoms with Gasteiger partial charge in [0.25, 0.3) is 0 Å². The Labute approximate surface area is 131 Å². The summed E-state index contributed by atoms with van der Waals surface area (Å²) in [4.78, 5) is -0.159.